The van der Waals surface area contributed by atoms with Crippen LogP contribution in [-0.2, 0) is 19.3 Å². The molecule has 2 aliphatic rings. The molecule has 2 nitrogen and oxygen atoms in total. The molecule has 0 saturated carbocycles. The summed E-state index contributed by atoms with van der Waals surface area (Å²) in [7, 11) is 4.39. The molecule has 1 atom stereocenters. The Bertz CT molecular complexity index is 636. The maximum atomic E-state index is 2.70. The molecule has 0 amide bonds. The molecular weight excluding hydrogens is 232 g/mol. The Morgan fingerprint density at radius 2 is 2.11 bits per heavy atom. The summed E-state index contributed by atoms with van der Waals surface area (Å²) in [4.78, 5) is 2.34. The zero-order valence-corrected chi connectivity index (χ0v) is 11.9. The molecule has 1 aromatic carbocycles. The topological polar surface area (TPSA) is 8.17 Å². The number of aryl methyl sites for hydroxylation is 2. The lowest BCUT2D eigenvalue weighted by Gasteiger charge is -2.30. The fourth-order valence-corrected chi connectivity index (χ4v) is 4.19. The maximum Gasteiger partial charge on any atom is 0.0521 e. The highest BCUT2D eigenvalue weighted by atomic mass is 15.1. The van der Waals surface area contributed by atoms with Crippen LogP contribution in [-0.4, -0.2) is 30.1 Å². The van der Waals surface area contributed by atoms with Gasteiger partial charge in [0, 0.05) is 23.7 Å². The van der Waals surface area contributed by atoms with E-state index in [1.807, 2.05) is 0 Å². The minimum absolute atomic E-state index is 0.675. The summed E-state index contributed by atoms with van der Waals surface area (Å²) in [5.41, 5.74) is 6.43. The molecule has 4 rings (SSSR count). The monoisotopic (exact) mass is 254 g/mol. The average molecular weight is 254 g/mol. The van der Waals surface area contributed by atoms with Gasteiger partial charge in [0.2, 0.25) is 0 Å². The van der Waals surface area contributed by atoms with Gasteiger partial charge >= 0.3 is 0 Å². The van der Waals surface area contributed by atoms with Crippen molar-refractivity contribution in [1.82, 2.24) is 9.47 Å². The molecule has 0 fully saturated rings. The fourth-order valence-electron chi connectivity index (χ4n) is 4.19. The molecule has 0 saturated heterocycles. The molecule has 2 aromatic rings. The Morgan fingerprint density at radius 3 is 2.95 bits per heavy atom. The van der Waals surface area contributed by atoms with Gasteiger partial charge in [0.1, 0.15) is 0 Å². The second-order valence-corrected chi connectivity index (χ2v) is 6.42. The highest BCUT2D eigenvalue weighted by Gasteiger charge is 2.29. The van der Waals surface area contributed by atoms with Gasteiger partial charge in [-0.1, -0.05) is 18.2 Å². The van der Waals surface area contributed by atoms with E-state index in [9.17, 15) is 0 Å². The van der Waals surface area contributed by atoms with Gasteiger partial charge in [-0.2, -0.15) is 0 Å². The second kappa shape index (κ2) is 4.11. The molecule has 2 heterocycles. The van der Waals surface area contributed by atoms with E-state index in [4.69, 9.17) is 0 Å². The van der Waals surface area contributed by atoms with Crippen molar-refractivity contribution in [2.24, 2.45) is 0 Å². The van der Waals surface area contributed by atoms with Crippen molar-refractivity contribution in [1.29, 1.82) is 0 Å². The molecule has 100 valence electrons. The first-order valence-corrected chi connectivity index (χ1v) is 7.54. The zero-order chi connectivity index (χ0) is 13.0. The van der Waals surface area contributed by atoms with Gasteiger partial charge in [0.15, 0.2) is 0 Å². The number of hydrogen-bond acceptors (Lipinski definition) is 1. The maximum absolute atomic E-state index is 2.70. The molecule has 0 bridgehead atoms. The van der Waals surface area contributed by atoms with Crippen LogP contribution in [0.25, 0.3) is 10.9 Å². The smallest absolute Gasteiger partial charge is 0.0521 e. The van der Waals surface area contributed by atoms with E-state index < -0.39 is 0 Å². The Labute approximate surface area is 115 Å². The molecule has 1 aromatic heterocycles. The van der Waals surface area contributed by atoms with E-state index in [0.29, 0.717) is 6.04 Å². The van der Waals surface area contributed by atoms with Crippen molar-refractivity contribution in [3.05, 3.63) is 35.0 Å². The normalized spacial score (nSPS) is 21.3. The SMILES string of the molecule is CN(C)CC1CCc2cccc3c4c(n1c23)CCC4. The van der Waals surface area contributed by atoms with Gasteiger partial charge in [-0.05, 0) is 57.3 Å². The standard InChI is InChI=1S/C17H22N2/c1-18(2)11-13-10-9-12-5-3-7-15-14-6-4-8-16(14)19(13)17(12)15/h3,5,7,13H,4,6,8-11H2,1-2H3. The summed E-state index contributed by atoms with van der Waals surface area (Å²) < 4.78 is 2.70. The van der Waals surface area contributed by atoms with Crippen LogP contribution in [0.5, 0.6) is 0 Å². The largest absolute Gasteiger partial charge is 0.340 e. The van der Waals surface area contributed by atoms with Crippen LogP contribution in [0.15, 0.2) is 18.2 Å². The van der Waals surface area contributed by atoms with E-state index in [-0.39, 0.29) is 0 Å². The second-order valence-electron chi connectivity index (χ2n) is 6.42. The number of para-hydroxylation sites is 1. The van der Waals surface area contributed by atoms with Crippen LogP contribution in [0.1, 0.15) is 35.7 Å². The van der Waals surface area contributed by atoms with Gasteiger partial charge in [-0.25, -0.2) is 0 Å². The summed E-state index contributed by atoms with van der Waals surface area (Å²) in [6.07, 6.45) is 6.47. The van der Waals surface area contributed by atoms with Crippen molar-refractivity contribution >= 4 is 10.9 Å². The van der Waals surface area contributed by atoms with E-state index >= 15 is 0 Å². The average Bonchev–Trinajstić information content (AvgIpc) is 2.95. The third kappa shape index (κ3) is 1.59. The number of rotatable bonds is 2. The first-order chi connectivity index (χ1) is 9.25. The minimum atomic E-state index is 0.675. The number of hydrogen-bond donors (Lipinski definition) is 0. The lowest BCUT2D eigenvalue weighted by molar-refractivity contribution is 0.306. The van der Waals surface area contributed by atoms with Crippen molar-refractivity contribution in [3.63, 3.8) is 0 Å². The van der Waals surface area contributed by atoms with Crippen LogP contribution in [0.4, 0.5) is 0 Å². The summed E-state index contributed by atoms with van der Waals surface area (Å²) in [6.45, 7) is 1.17. The van der Waals surface area contributed by atoms with Gasteiger partial charge in [-0.3, -0.25) is 0 Å². The summed E-state index contributed by atoms with van der Waals surface area (Å²) in [5.74, 6) is 0. The summed E-state index contributed by atoms with van der Waals surface area (Å²) >= 11 is 0. The molecule has 1 aliphatic carbocycles. The third-order valence-electron chi connectivity index (χ3n) is 4.85. The van der Waals surface area contributed by atoms with Gasteiger partial charge < -0.3 is 9.47 Å². The number of likely N-dealkylation sites (N-methyl/N-ethyl adjacent to an activating group) is 1. The number of benzene rings is 1. The minimum Gasteiger partial charge on any atom is -0.340 e. The van der Waals surface area contributed by atoms with Crippen LogP contribution >= 0.6 is 0 Å². The van der Waals surface area contributed by atoms with E-state index in [1.54, 1.807) is 27.7 Å². The molecule has 0 N–H and O–H groups in total. The van der Waals surface area contributed by atoms with Crippen molar-refractivity contribution in [2.45, 2.75) is 38.1 Å². The van der Waals surface area contributed by atoms with Crippen molar-refractivity contribution in [3.8, 4) is 0 Å². The lowest BCUT2D eigenvalue weighted by Crippen LogP contribution is -2.28. The van der Waals surface area contributed by atoms with Gasteiger partial charge in [0.05, 0.1) is 5.52 Å². The predicted octanol–water partition coefficient (Wildman–Crippen LogP) is 3.18. The third-order valence-corrected chi connectivity index (χ3v) is 4.85. The first-order valence-electron chi connectivity index (χ1n) is 7.54. The van der Waals surface area contributed by atoms with Crippen molar-refractivity contribution < 1.29 is 0 Å². The predicted molar refractivity (Wildman–Crippen MR) is 79.9 cm³/mol. The quantitative estimate of drug-likeness (QED) is 0.799. The molecule has 2 heteroatoms. The Kier molecular flexibility index (Phi) is 2.49. The molecule has 0 spiro atoms. The number of aromatic nitrogens is 1. The molecule has 1 unspecified atom stereocenters. The Morgan fingerprint density at radius 1 is 1.21 bits per heavy atom. The summed E-state index contributed by atoms with van der Waals surface area (Å²) in [6, 6.07) is 7.61. The van der Waals surface area contributed by atoms with Crippen LogP contribution in [0, 0.1) is 0 Å². The van der Waals surface area contributed by atoms with Crippen LogP contribution < -0.4 is 0 Å². The Balaban J connectivity index is 1.97. The fraction of sp³-hybridized carbons (Fsp3) is 0.529. The molecule has 1 aliphatic heterocycles. The van der Waals surface area contributed by atoms with Crippen LogP contribution in [0.3, 0.4) is 0 Å². The zero-order valence-electron chi connectivity index (χ0n) is 11.9. The molecular formula is C17H22N2. The van der Waals surface area contributed by atoms with E-state index in [0.717, 1.165) is 0 Å². The van der Waals surface area contributed by atoms with E-state index in [2.05, 4.69) is 41.8 Å². The first kappa shape index (κ1) is 11.5. The number of nitrogens with zero attached hydrogens (tertiary/aromatic N) is 2. The van der Waals surface area contributed by atoms with Crippen LogP contribution in [0.2, 0.25) is 0 Å². The highest BCUT2D eigenvalue weighted by Crippen LogP contribution is 2.41. The van der Waals surface area contributed by atoms with Crippen molar-refractivity contribution in [2.75, 3.05) is 20.6 Å². The van der Waals surface area contributed by atoms with Gasteiger partial charge in [-0.15, -0.1) is 0 Å². The van der Waals surface area contributed by atoms with Gasteiger partial charge in [0.25, 0.3) is 0 Å². The van der Waals surface area contributed by atoms with E-state index in [1.165, 1.54) is 38.6 Å². The summed E-state index contributed by atoms with van der Waals surface area (Å²) in [5, 5.41) is 1.55. The molecule has 0 radical (unpaired) electrons. The Hall–Kier alpha value is -1.28. The number of fused-ring (bicyclic) bond motifs is 3. The molecule has 19 heavy (non-hydrogen) atoms. The lowest BCUT2D eigenvalue weighted by atomic mass is 9.97. The highest BCUT2D eigenvalue weighted by molar-refractivity contribution is 5.89.